The van der Waals surface area contributed by atoms with Crippen molar-refractivity contribution < 1.29 is 9.59 Å². The summed E-state index contributed by atoms with van der Waals surface area (Å²) in [4.78, 5) is 23.7. The fourth-order valence-corrected chi connectivity index (χ4v) is 1.93. The Bertz CT molecular complexity index is 626. The molecule has 4 nitrogen and oxygen atoms in total. The SMILES string of the molecule is CC(NC(=O)C(=O)Nc1ccc(Cl)cc1)c1ccccc1. The van der Waals surface area contributed by atoms with Crippen molar-refractivity contribution in [2.24, 2.45) is 0 Å². The van der Waals surface area contributed by atoms with Crippen molar-refractivity contribution in [2.45, 2.75) is 13.0 Å². The first-order chi connectivity index (χ1) is 10.1. The maximum Gasteiger partial charge on any atom is 0.313 e. The largest absolute Gasteiger partial charge is 0.341 e. The van der Waals surface area contributed by atoms with Crippen LogP contribution in [0, 0.1) is 0 Å². The maximum absolute atomic E-state index is 11.8. The minimum Gasteiger partial charge on any atom is -0.341 e. The molecule has 2 aromatic carbocycles. The van der Waals surface area contributed by atoms with Gasteiger partial charge in [0, 0.05) is 10.7 Å². The monoisotopic (exact) mass is 302 g/mol. The van der Waals surface area contributed by atoms with Crippen LogP contribution >= 0.6 is 11.6 Å². The van der Waals surface area contributed by atoms with Crippen LogP contribution in [0.25, 0.3) is 0 Å². The molecule has 0 radical (unpaired) electrons. The summed E-state index contributed by atoms with van der Waals surface area (Å²) in [7, 11) is 0. The third-order valence-electron chi connectivity index (χ3n) is 2.96. The molecule has 21 heavy (non-hydrogen) atoms. The highest BCUT2D eigenvalue weighted by Crippen LogP contribution is 2.14. The molecule has 1 atom stereocenters. The Labute approximate surface area is 128 Å². The van der Waals surface area contributed by atoms with Crippen molar-refractivity contribution in [3.8, 4) is 0 Å². The molecule has 0 aliphatic rings. The van der Waals surface area contributed by atoms with Gasteiger partial charge in [-0.05, 0) is 36.8 Å². The zero-order valence-corrected chi connectivity index (χ0v) is 12.2. The highest BCUT2D eigenvalue weighted by Gasteiger charge is 2.16. The zero-order chi connectivity index (χ0) is 15.2. The number of anilines is 1. The van der Waals surface area contributed by atoms with Gasteiger partial charge >= 0.3 is 11.8 Å². The van der Waals surface area contributed by atoms with Crippen molar-refractivity contribution in [3.05, 3.63) is 65.2 Å². The second-order valence-corrected chi connectivity index (χ2v) is 5.00. The molecule has 0 saturated carbocycles. The van der Waals surface area contributed by atoms with Gasteiger partial charge in [-0.25, -0.2) is 0 Å². The predicted octanol–water partition coefficient (Wildman–Crippen LogP) is 3.16. The molecule has 0 heterocycles. The third kappa shape index (κ3) is 4.33. The second kappa shape index (κ2) is 6.90. The van der Waals surface area contributed by atoms with E-state index >= 15 is 0 Å². The van der Waals surface area contributed by atoms with E-state index in [-0.39, 0.29) is 6.04 Å². The van der Waals surface area contributed by atoms with Gasteiger partial charge in [-0.2, -0.15) is 0 Å². The molecular formula is C16H15ClN2O2. The molecule has 2 N–H and O–H groups in total. The van der Waals surface area contributed by atoms with Crippen LogP contribution < -0.4 is 10.6 Å². The summed E-state index contributed by atoms with van der Waals surface area (Å²) < 4.78 is 0. The number of carbonyl (C=O) groups excluding carboxylic acids is 2. The molecule has 0 aromatic heterocycles. The highest BCUT2D eigenvalue weighted by atomic mass is 35.5. The third-order valence-corrected chi connectivity index (χ3v) is 3.21. The van der Waals surface area contributed by atoms with E-state index in [2.05, 4.69) is 10.6 Å². The fraction of sp³-hybridized carbons (Fsp3) is 0.125. The molecule has 0 spiro atoms. The summed E-state index contributed by atoms with van der Waals surface area (Å²) in [5.41, 5.74) is 1.46. The topological polar surface area (TPSA) is 58.2 Å². The molecule has 0 bridgehead atoms. The zero-order valence-electron chi connectivity index (χ0n) is 11.5. The lowest BCUT2D eigenvalue weighted by Gasteiger charge is -2.14. The molecule has 108 valence electrons. The van der Waals surface area contributed by atoms with Crippen molar-refractivity contribution in [1.82, 2.24) is 5.32 Å². The molecule has 0 aliphatic carbocycles. The van der Waals surface area contributed by atoms with E-state index < -0.39 is 11.8 Å². The lowest BCUT2D eigenvalue weighted by molar-refractivity contribution is -0.136. The Hall–Kier alpha value is -2.33. The first-order valence-corrected chi connectivity index (χ1v) is 6.86. The Morgan fingerprint density at radius 1 is 0.952 bits per heavy atom. The number of carbonyl (C=O) groups is 2. The highest BCUT2D eigenvalue weighted by molar-refractivity contribution is 6.39. The van der Waals surface area contributed by atoms with E-state index in [1.54, 1.807) is 24.3 Å². The minimum atomic E-state index is -0.708. The van der Waals surface area contributed by atoms with E-state index in [0.717, 1.165) is 5.56 Å². The fourth-order valence-electron chi connectivity index (χ4n) is 1.81. The number of amides is 2. The smallest absolute Gasteiger partial charge is 0.313 e. The number of rotatable bonds is 3. The maximum atomic E-state index is 11.8. The van der Waals surface area contributed by atoms with E-state index in [0.29, 0.717) is 10.7 Å². The summed E-state index contributed by atoms with van der Waals surface area (Å²) >= 11 is 5.76. The number of hydrogen-bond donors (Lipinski definition) is 2. The Balaban J connectivity index is 1.93. The molecular weight excluding hydrogens is 288 g/mol. The molecule has 2 rings (SSSR count). The summed E-state index contributed by atoms with van der Waals surface area (Å²) in [6.45, 7) is 1.82. The number of halogens is 1. The van der Waals surface area contributed by atoms with Gasteiger partial charge in [0.25, 0.3) is 0 Å². The molecule has 2 aromatic rings. The summed E-state index contributed by atoms with van der Waals surface area (Å²) in [6.07, 6.45) is 0. The van der Waals surface area contributed by atoms with Crippen LogP contribution in [0.15, 0.2) is 54.6 Å². The molecule has 5 heteroatoms. The molecule has 0 saturated heterocycles. The van der Waals surface area contributed by atoms with Gasteiger partial charge < -0.3 is 10.6 Å². The molecule has 1 unspecified atom stereocenters. The normalized spacial score (nSPS) is 11.5. The first-order valence-electron chi connectivity index (χ1n) is 6.48. The lowest BCUT2D eigenvalue weighted by atomic mass is 10.1. The van der Waals surface area contributed by atoms with Gasteiger partial charge in [0.05, 0.1) is 6.04 Å². The summed E-state index contributed by atoms with van der Waals surface area (Å²) in [6, 6.07) is 15.7. The first kappa shape index (κ1) is 15.1. The van der Waals surface area contributed by atoms with Crippen LogP contribution in [0.1, 0.15) is 18.5 Å². The van der Waals surface area contributed by atoms with Gasteiger partial charge in [0.2, 0.25) is 0 Å². The Morgan fingerprint density at radius 2 is 1.57 bits per heavy atom. The van der Waals surface area contributed by atoms with Gasteiger partial charge in [0.15, 0.2) is 0 Å². The van der Waals surface area contributed by atoms with Crippen LogP contribution in [0.4, 0.5) is 5.69 Å². The standard InChI is InChI=1S/C16H15ClN2O2/c1-11(12-5-3-2-4-6-12)18-15(20)16(21)19-14-9-7-13(17)8-10-14/h2-11H,1H3,(H,18,20)(H,19,21). The van der Waals surface area contributed by atoms with Gasteiger partial charge in [-0.1, -0.05) is 41.9 Å². The van der Waals surface area contributed by atoms with Crippen LogP contribution in [-0.4, -0.2) is 11.8 Å². The van der Waals surface area contributed by atoms with Crippen molar-refractivity contribution in [1.29, 1.82) is 0 Å². The minimum absolute atomic E-state index is 0.241. The van der Waals surface area contributed by atoms with Crippen LogP contribution in [0.3, 0.4) is 0 Å². The molecule has 2 amide bonds. The average molecular weight is 303 g/mol. The van der Waals surface area contributed by atoms with Gasteiger partial charge in [0.1, 0.15) is 0 Å². The van der Waals surface area contributed by atoms with Crippen LogP contribution in [-0.2, 0) is 9.59 Å². The number of hydrogen-bond acceptors (Lipinski definition) is 2. The molecule has 0 fully saturated rings. The number of benzene rings is 2. The van der Waals surface area contributed by atoms with Crippen LogP contribution in [0.2, 0.25) is 5.02 Å². The van der Waals surface area contributed by atoms with Crippen molar-refractivity contribution >= 4 is 29.1 Å². The molecule has 0 aliphatic heterocycles. The quantitative estimate of drug-likeness (QED) is 0.856. The average Bonchev–Trinajstić information content (AvgIpc) is 2.50. The van der Waals surface area contributed by atoms with E-state index in [1.165, 1.54) is 0 Å². The predicted molar refractivity (Wildman–Crippen MR) is 83.1 cm³/mol. The number of nitrogens with one attached hydrogen (secondary N) is 2. The Morgan fingerprint density at radius 3 is 2.19 bits per heavy atom. The van der Waals surface area contributed by atoms with Crippen LogP contribution in [0.5, 0.6) is 0 Å². The van der Waals surface area contributed by atoms with E-state index in [1.807, 2.05) is 37.3 Å². The van der Waals surface area contributed by atoms with Crippen molar-refractivity contribution in [3.63, 3.8) is 0 Å². The van der Waals surface area contributed by atoms with Gasteiger partial charge in [-0.3, -0.25) is 9.59 Å². The Kier molecular flexibility index (Phi) is 4.95. The van der Waals surface area contributed by atoms with Crippen molar-refractivity contribution in [2.75, 3.05) is 5.32 Å². The van der Waals surface area contributed by atoms with Gasteiger partial charge in [-0.15, -0.1) is 0 Å². The summed E-state index contributed by atoms with van der Waals surface area (Å²) in [5.74, 6) is -1.39. The van der Waals surface area contributed by atoms with E-state index in [9.17, 15) is 9.59 Å². The van der Waals surface area contributed by atoms with E-state index in [4.69, 9.17) is 11.6 Å². The summed E-state index contributed by atoms with van der Waals surface area (Å²) in [5, 5.41) is 5.73. The second-order valence-electron chi connectivity index (χ2n) is 4.57. The lowest BCUT2D eigenvalue weighted by Crippen LogP contribution is -2.36.